The summed E-state index contributed by atoms with van der Waals surface area (Å²) >= 11 is 0. The fourth-order valence-corrected chi connectivity index (χ4v) is 5.61. The average molecular weight is 473 g/mol. The van der Waals surface area contributed by atoms with Crippen molar-refractivity contribution >= 4 is 17.5 Å². The molecule has 1 spiro atoms. The Bertz CT molecular complexity index is 1270. The van der Waals surface area contributed by atoms with Crippen LogP contribution in [0.1, 0.15) is 43.1 Å². The SMILES string of the molecule is CC(C)CN1C(=O)[C@]2(CC(=O)N(C)C2c2ccccc2)c2cc(-n3cc(CN(C)C)nn3)ccc21. The second kappa shape index (κ2) is 8.61. The Labute approximate surface area is 206 Å². The van der Waals surface area contributed by atoms with Crippen molar-refractivity contribution in [3.8, 4) is 5.69 Å². The molecular weight excluding hydrogens is 440 g/mol. The molecule has 182 valence electrons. The van der Waals surface area contributed by atoms with Crippen molar-refractivity contribution < 1.29 is 9.59 Å². The molecule has 2 aliphatic rings. The minimum atomic E-state index is -0.986. The number of rotatable bonds is 6. The van der Waals surface area contributed by atoms with Gasteiger partial charge in [0.2, 0.25) is 11.8 Å². The molecule has 0 N–H and O–H groups in total. The summed E-state index contributed by atoms with van der Waals surface area (Å²) in [6.45, 7) is 5.50. The largest absolute Gasteiger partial charge is 0.337 e. The van der Waals surface area contributed by atoms with Crippen LogP contribution in [0, 0.1) is 5.92 Å². The summed E-state index contributed by atoms with van der Waals surface area (Å²) in [5, 5.41) is 8.64. The van der Waals surface area contributed by atoms with Gasteiger partial charge in [-0.2, -0.15) is 0 Å². The number of aromatic nitrogens is 3. The Balaban J connectivity index is 1.68. The van der Waals surface area contributed by atoms with Gasteiger partial charge in [0.25, 0.3) is 0 Å². The molecule has 1 aromatic heterocycles. The van der Waals surface area contributed by atoms with E-state index in [4.69, 9.17) is 0 Å². The third kappa shape index (κ3) is 3.72. The first-order valence-electron chi connectivity index (χ1n) is 12.1. The van der Waals surface area contributed by atoms with Crippen LogP contribution in [0.3, 0.4) is 0 Å². The van der Waals surface area contributed by atoms with Gasteiger partial charge in [-0.1, -0.05) is 49.4 Å². The van der Waals surface area contributed by atoms with Crippen molar-refractivity contribution in [1.82, 2.24) is 24.8 Å². The molecule has 35 heavy (non-hydrogen) atoms. The highest BCUT2D eigenvalue weighted by Crippen LogP contribution is 2.57. The number of amides is 2. The molecule has 2 amide bonds. The summed E-state index contributed by atoms with van der Waals surface area (Å²) in [6.07, 6.45) is 2.06. The van der Waals surface area contributed by atoms with Gasteiger partial charge in [0.15, 0.2) is 0 Å². The lowest BCUT2D eigenvalue weighted by molar-refractivity contribution is -0.128. The first-order valence-corrected chi connectivity index (χ1v) is 12.1. The van der Waals surface area contributed by atoms with Gasteiger partial charge in [0.1, 0.15) is 5.41 Å². The molecule has 0 aliphatic carbocycles. The van der Waals surface area contributed by atoms with E-state index < -0.39 is 5.41 Å². The van der Waals surface area contributed by atoms with Crippen LogP contribution in [0.5, 0.6) is 0 Å². The van der Waals surface area contributed by atoms with Gasteiger partial charge in [-0.05, 0) is 49.3 Å². The molecule has 5 rings (SSSR count). The molecule has 0 saturated carbocycles. The van der Waals surface area contributed by atoms with E-state index in [2.05, 4.69) is 24.2 Å². The third-order valence-electron chi connectivity index (χ3n) is 7.00. The maximum Gasteiger partial charge on any atom is 0.240 e. The van der Waals surface area contributed by atoms with E-state index in [9.17, 15) is 9.59 Å². The van der Waals surface area contributed by atoms with Crippen molar-refractivity contribution in [2.45, 2.75) is 38.3 Å². The molecule has 1 saturated heterocycles. The molecule has 3 aromatic rings. The number of nitrogens with zero attached hydrogens (tertiary/aromatic N) is 6. The zero-order valence-electron chi connectivity index (χ0n) is 21.0. The molecule has 0 radical (unpaired) electrons. The van der Waals surface area contributed by atoms with Crippen molar-refractivity contribution in [3.63, 3.8) is 0 Å². The molecule has 1 unspecified atom stereocenters. The van der Waals surface area contributed by atoms with Crippen LogP contribution < -0.4 is 4.90 Å². The molecule has 0 bridgehead atoms. The van der Waals surface area contributed by atoms with Gasteiger partial charge in [-0.3, -0.25) is 9.59 Å². The van der Waals surface area contributed by atoms with Gasteiger partial charge >= 0.3 is 0 Å². The summed E-state index contributed by atoms with van der Waals surface area (Å²) in [5.41, 5.74) is 3.43. The van der Waals surface area contributed by atoms with Gasteiger partial charge in [0, 0.05) is 32.2 Å². The zero-order valence-corrected chi connectivity index (χ0v) is 21.0. The van der Waals surface area contributed by atoms with E-state index in [-0.39, 0.29) is 30.2 Å². The van der Waals surface area contributed by atoms with Crippen molar-refractivity contribution in [2.75, 3.05) is 32.6 Å². The number of fused-ring (bicyclic) bond motifs is 2. The third-order valence-corrected chi connectivity index (χ3v) is 7.00. The van der Waals surface area contributed by atoms with Crippen LogP contribution in [0.25, 0.3) is 5.69 Å². The first-order chi connectivity index (χ1) is 16.7. The second-order valence-corrected chi connectivity index (χ2v) is 10.4. The maximum atomic E-state index is 14.3. The average Bonchev–Trinajstić information content (AvgIpc) is 3.45. The Morgan fingerprint density at radius 1 is 1.11 bits per heavy atom. The lowest BCUT2D eigenvalue weighted by atomic mass is 9.72. The molecular formula is C27H32N6O2. The molecule has 2 aromatic carbocycles. The fourth-order valence-electron chi connectivity index (χ4n) is 5.61. The monoisotopic (exact) mass is 472 g/mol. The van der Waals surface area contributed by atoms with Crippen LogP contribution in [0.4, 0.5) is 5.69 Å². The highest BCUT2D eigenvalue weighted by atomic mass is 16.2. The maximum absolute atomic E-state index is 14.3. The molecule has 8 nitrogen and oxygen atoms in total. The van der Waals surface area contributed by atoms with Crippen molar-refractivity contribution in [1.29, 1.82) is 0 Å². The predicted molar refractivity (Wildman–Crippen MR) is 134 cm³/mol. The Morgan fingerprint density at radius 2 is 1.86 bits per heavy atom. The lowest BCUT2D eigenvalue weighted by Gasteiger charge is -2.33. The van der Waals surface area contributed by atoms with Gasteiger partial charge in [0.05, 0.1) is 23.6 Å². The minimum absolute atomic E-state index is 0.00297. The van der Waals surface area contributed by atoms with Crippen LogP contribution in [0.15, 0.2) is 54.7 Å². The molecule has 2 aliphatic heterocycles. The normalized spacial score (nSPS) is 21.7. The van der Waals surface area contributed by atoms with Crippen LogP contribution in [-0.2, 0) is 21.5 Å². The molecule has 3 heterocycles. The van der Waals surface area contributed by atoms with Gasteiger partial charge < -0.3 is 14.7 Å². The number of hydrogen-bond donors (Lipinski definition) is 0. The molecule has 2 atom stereocenters. The van der Waals surface area contributed by atoms with E-state index in [1.54, 1.807) is 9.58 Å². The predicted octanol–water partition coefficient (Wildman–Crippen LogP) is 3.17. The number of anilines is 1. The van der Waals surface area contributed by atoms with Gasteiger partial charge in [-0.15, -0.1) is 5.10 Å². The number of likely N-dealkylation sites (N-methyl/N-ethyl adjacent to an activating group) is 1. The van der Waals surface area contributed by atoms with E-state index in [0.717, 1.165) is 28.2 Å². The standard InChI is InChI=1S/C27H32N6O2/c1-18(2)15-32-23-12-11-21(33-17-20(28-29-33)16-30(3)4)13-22(23)27(26(32)35)14-24(34)31(5)25(27)19-9-7-6-8-10-19/h6-13,17-18,25H,14-16H2,1-5H3/t25?,27-/m1/s1. The Morgan fingerprint density at radius 3 is 2.54 bits per heavy atom. The summed E-state index contributed by atoms with van der Waals surface area (Å²) < 4.78 is 1.75. The number of benzene rings is 2. The van der Waals surface area contributed by atoms with Crippen LogP contribution >= 0.6 is 0 Å². The number of carbonyl (C=O) groups is 2. The zero-order chi connectivity index (χ0) is 24.9. The summed E-state index contributed by atoms with van der Waals surface area (Å²) in [6, 6.07) is 15.5. The minimum Gasteiger partial charge on any atom is -0.337 e. The molecule has 1 fully saturated rings. The Hall–Kier alpha value is -3.52. The van der Waals surface area contributed by atoms with E-state index in [1.807, 2.05) is 85.7 Å². The van der Waals surface area contributed by atoms with Gasteiger partial charge in [-0.25, -0.2) is 4.68 Å². The van der Waals surface area contributed by atoms with E-state index in [0.29, 0.717) is 13.1 Å². The van der Waals surface area contributed by atoms with Crippen LogP contribution in [0.2, 0.25) is 0 Å². The quantitative estimate of drug-likeness (QED) is 0.551. The number of carbonyl (C=O) groups excluding carboxylic acids is 2. The first kappa shape index (κ1) is 23.2. The number of hydrogen-bond acceptors (Lipinski definition) is 5. The topological polar surface area (TPSA) is 74.6 Å². The highest BCUT2D eigenvalue weighted by Gasteiger charge is 2.62. The number of likely N-dealkylation sites (tertiary alicyclic amines) is 1. The highest BCUT2D eigenvalue weighted by molar-refractivity contribution is 6.12. The Kier molecular flexibility index (Phi) is 5.71. The summed E-state index contributed by atoms with van der Waals surface area (Å²) in [7, 11) is 5.79. The summed E-state index contributed by atoms with van der Waals surface area (Å²) in [4.78, 5) is 33.1. The lowest BCUT2D eigenvalue weighted by Crippen LogP contribution is -2.45. The van der Waals surface area contributed by atoms with E-state index in [1.165, 1.54) is 0 Å². The van der Waals surface area contributed by atoms with Crippen LogP contribution in [-0.4, -0.2) is 64.3 Å². The summed E-state index contributed by atoms with van der Waals surface area (Å²) in [5.74, 6) is 0.260. The van der Waals surface area contributed by atoms with Crippen molar-refractivity contribution in [2.24, 2.45) is 5.92 Å². The fraction of sp³-hybridized carbons (Fsp3) is 0.407. The second-order valence-electron chi connectivity index (χ2n) is 10.4. The van der Waals surface area contributed by atoms with Crippen molar-refractivity contribution in [3.05, 3.63) is 71.5 Å². The molecule has 8 heteroatoms. The van der Waals surface area contributed by atoms with E-state index >= 15 is 0 Å². The smallest absolute Gasteiger partial charge is 0.240 e.